The van der Waals surface area contributed by atoms with E-state index in [4.69, 9.17) is 21.3 Å². The fraction of sp³-hybridized carbons (Fsp3) is 0.316. The number of benzene rings is 2. The first-order chi connectivity index (χ1) is 12.7. The fourth-order valence-electron chi connectivity index (χ4n) is 2.74. The largest absolute Gasteiger partial charge is 0.494 e. The molecule has 1 saturated heterocycles. The van der Waals surface area contributed by atoms with Gasteiger partial charge < -0.3 is 10.1 Å². The van der Waals surface area contributed by atoms with Gasteiger partial charge in [0, 0.05) is 23.2 Å². The normalized spacial score (nSPS) is 20.2. The van der Waals surface area contributed by atoms with E-state index in [-0.39, 0.29) is 12.2 Å². The molecule has 26 heavy (non-hydrogen) atoms. The number of hydrogen-bond acceptors (Lipinski definition) is 5. The minimum absolute atomic E-state index is 0.00771. The van der Waals surface area contributed by atoms with E-state index in [1.54, 1.807) is 11.8 Å². The van der Waals surface area contributed by atoms with Crippen LogP contribution in [0.25, 0.3) is 0 Å². The second-order valence-corrected chi connectivity index (χ2v) is 7.10. The molecule has 5 nitrogen and oxygen atoms in total. The van der Waals surface area contributed by atoms with Crippen molar-refractivity contribution in [3.05, 3.63) is 59.1 Å². The summed E-state index contributed by atoms with van der Waals surface area (Å²) in [4.78, 5) is 4.78. The Kier molecular flexibility index (Phi) is 6.80. The van der Waals surface area contributed by atoms with Crippen LogP contribution in [0.1, 0.15) is 24.9 Å². The van der Waals surface area contributed by atoms with E-state index in [0.717, 1.165) is 28.0 Å². The van der Waals surface area contributed by atoms with Gasteiger partial charge in [-0.2, -0.15) is 0 Å². The van der Waals surface area contributed by atoms with Crippen LogP contribution in [0.3, 0.4) is 0 Å². The number of thioether (sulfide) groups is 1. The van der Waals surface area contributed by atoms with Crippen LogP contribution in [0.2, 0.25) is 5.02 Å². The lowest BCUT2D eigenvalue weighted by Gasteiger charge is -2.11. The van der Waals surface area contributed by atoms with Gasteiger partial charge in [0.05, 0.1) is 6.61 Å². The van der Waals surface area contributed by atoms with Gasteiger partial charge in [-0.3, -0.25) is 0 Å². The SMILES string of the molecule is CCOc1ccc(N/C(=N/C2CC(c3ccc(Cl)cc3)NN2)SC)cc1. The highest BCUT2D eigenvalue weighted by Gasteiger charge is 2.24. The topological polar surface area (TPSA) is 57.7 Å². The van der Waals surface area contributed by atoms with Crippen molar-refractivity contribution < 1.29 is 4.74 Å². The first-order valence-corrected chi connectivity index (χ1v) is 10.2. The van der Waals surface area contributed by atoms with E-state index >= 15 is 0 Å². The number of anilines is 1. The Morgan fingerprint density at radius 2 is 1.92 bits per heavy atom. The van der Waals surface area contributed by atoms with Gasteiger partial charge in [-0.25, -0.2) is 15.8 Å². The van der Waals surface area contributed by atoms with Crippen LogP contribution >= 0.6 is 23.4 Å². The molecule has 0 spiro atoms. The minimum atomic E-state index is 0.00771. The number of nitrogens with one attached hydrogen (secondary N) is 3. The molecule has 0 bridgehead atoms. The monoisotopic (exact) mass is 390 g/mol. The molecular formula is C19H23ClN4OS. The molecule has 2 aromatic rings. The molecule has 1 heterocycles. The maximum Gasteiger partial charge on any atom is 0.162 e. The van der Waals surface area contributed by atoms with Crippen molar-refractivity contribution in [2.45, 2.75) is 25.6 Å². The second-order valence-electron chi connectivity index (χ2n) is 5.87. The van der Waals surface area contributed by atoms with E-state index < -0.39 is 0 Å². The molecular weight excluding hydrogens is 368 g/mol. The van der Waals surface area contributed by atoms with Crippen LogP contribution in [0.5, 0.6) is 5.75 Å². The molecule has 2 unspecified atom stereocenters. The average molecular weight is 391 g/mol. The Hall–Kier alpha value is -1.73. The van der Waals surface area contributed by atoms with Crippen molar-refractivity contribution in [3.8, 4) is 5.75 Å². The van der Waals surface area contributed by atoms with Crippen LogP contribution in [-0.2, 0) is 0 Å². The fourth-order valence-corrected chi connectivity index (χ4v) is 3.32. The zero-order valence-electron chi connectivity index (χ0n) is 14.8. The van der Waals surface area contributed by atoms with E-state index in [2.05, 4.69) is 16.2 Å². The van der Waals surface area contributed by atoms with E-state index in [1.165, 1.54) is 5.56 Å². The molecule has 1 aliphatic heterocycles. The number of amidine groups is 1. The summed E-state index contributed by atoms with van der Waals surface area (Å²) in [6.45, 7) is 2.64. The Bertz CT molecular complexity index is 736. The van der Waals surface area contributed by atoms with Crippen molar-refractivity contribution in [1.29, 1.82) is 0 Å². The van der Waals surface area contributed by atoms with Crippen LogP contribution in [-0.4, -0.2) is 24.2 Å². The van der Waals surface area contributed by atoms with Gasteiger partial charge in [-0.05, 0) is 55.1 Å². The Labute approximate surface area is 163 Å². The van der Waals surface area contributed by atoms with Crippen LogP contribution in [0, 0.1) is 0 Å². The number of nitrogens with zero attached hydrogens (tertiary/aromatic N) is 1. The summed E-state index contributed by atoms with van der Waals surface area (Å²) in [5.74, 6) is 0.869. The summed E-state index contributed by atoms with van der Waals surface area (Å²) in [7, 11) is 0. The zero-order valence-corrected chi connectivity index (χ0v) is 16.4. The van der Waals surface area contributed by atoms with Gasteiger partial charge in [0.25, 0.3) is 0 Å². The Balaban J connectivity index is 1.61. The molecule has 0 saturated carbocycles. The van der Waals surface area contributed by atoms with Crippen LogP contribution in [0.4, 0.5) is 5.69 Å². The van der Waals surface area contributed by atoms with Gasteiger partial charge in [0.1, 0.15) is 11.9 Å². The molecule has 0 amide bonds. The van der Waals surface area contributed by atoms with Crippen molar-refractivity contribution in [1.82, 2.24) is 10.9 Å². The van der Waals surface area contributed by atoms with Gasteiger partial charge >= 0.3 is 0 Å². The average Bonchev–Trinajstić information content (AvgIpc) is 3.12. The van der Waals surface area contributed by atoms with Gasteiger partial charge in [-0.1, -0.05) is 35.5 Å². The molecule has 7 heteroatoms. The second kappa shape index (κ2) is 9.28. The Morgan fingerprint density at radius 3 is 2.58 bits per heavy atom. The number of hydrogen-bond donors (Lipinski definition) is 3. The maximum atomic E-state index is 5.96. The van der Waals surface area contributed by atoms with Crippen LogP contribution < -0.4 is 20.9 Å². The first-order valence-electron chi connectivity index (χ1n) is 8.56. The predicted molar refractivity (Wildman–Crippen MR) is 111 cm³/mol. The lowest BCUT2D eigenvalue weighted by molar-refractivity contribution is 0.340. The highest BCUT2D eigenvalue weighted by molar-refractivity contribution is 8.13. The third kappa shape index (κ3) is 5.14. The van der Waals surface area contributed by atoms with Crippen molar-refractivity contribution in [3.63, 3.8) is 0 Å². The molecule has 2 atom stereocenters. The van der Waals surface area contributed by atoms with E-state index in [9.17, 15) is 0 Å². The standard InChI is InChI=1S/C19H23ClN4OS/c1-3-25-16-10-8-15(9-11-16)21-19(26-2)22-18-12-17(23-24-18)13-4-6-14(20)7-5-13/h4-11,17-18,23-24H,3,12H2,1-2H3,(H,21,22). The van der Waals surface area contributed by atoms with Gasteiger partial charge in [0.2, 0.25) is 0 Å². The number of aliphatic imine (C=N–C) groups is 1. The summed E-state index contributed by atoms with van der Waals surface area (Å²) < 4.78 is 5.47. The number of hydrazine groups is 1. The van der Waals surface area contributed by atoms with E-state index in [0.29, 0.717) is 6.61 Å². The van der Waals surface area contributed by atoms with Gasteiger partial charge in [0.15, 0.2) is 5.17 Å². The summed E-state index contributed by atoms with van der Waals surface area (Å²) in [5.41, 5.74) is 8.74. The quantitative estimate of drug-likeness (QED) is 0.520. The van der Waals surface area contributed by atoms with Crippen LogP contribution in [0.15, 0.2) is 53.5 Å². The minimum Gasteiger partial charge on any atom is -0.494 e. The lowest BCUT2D eigenvalue weighted by Crippen LogP contribution is -2.30. The third-order valence-electron chi connectivity index (χ3n) is 4.04. The van der Waals surface area contributed by atoms with Crippen molar-refractivity contribution >= 4 is 34.2 Å². The first kappa shape index (κ1) is 19.0. The molecule has 1 aliphatic rings. The van der Waals surface area contributed by atoms with Crippen molar-refractivity contribution in [2.24, 2.45) is 4.99 Å². The molecule has 3 rings (SSSR count). The summed E-state index contributed by atoms with van der Waals surface area (Å²) in [6, 6.07) is 16.0. The highest BCUT2D eigenvalue weighted by Crippen LogP contribution is 2.25. The number of rotatable bonds is 5. The number of ether oxygens (including phenoxy) is 1. The number of halogens is 1. The molecule has 138 valence electrons. The summed E-state index contributed by atoms with van der Waals surface area (Å²) >= 11 is 7.55. The molecule has 3 N–H and O–H groups in total. The van der Waals surface area contributed by atoms with Crippen molar-refractivity contribution in [2.75, 3.05) is 18.2 Å². The third-order valence-corrected chi connectivity index (χ3v) is 4.88. The smallest absolute Gasteiger partial charge is 0.162 e. The summed E-state index contributed by atoms with van der Waals surface area (Å²) in [5, 5.41) is 4.97. The molecule has 1 fully saturated rings. The van der Waals surface area contributed by atoms with Gasteiger partial charge in [-0.15, -0.1) is 0 Å². The highest BCUT2D eigenvalue weighted by atomic mass is 35.5. The molecule has 0 aliphatic carbocycles. The lowest BCUT2D eigenvalue weighted by atomic mass is 10.1. The Morgan fingerprint density at radius 1 is 1.19 bits per heavy atom. The van der Waals surface area contributed by atoms with E-state index in [1.807, 2.05) is 61.7 Å². The zero-order chi connectivity index (χ0) is 18.4. The molecule has 0 aromatic heterocycles. The predicted octanol–water partition coefficient (Wildman–Crippen LogP) is 4.43. The maximum absolute atomic E-state index is 5.96. The summed E-state index contributed by atoms with van der Waals surface area (Å²) in [6.07, 6.45) is 2.89. The molecule has 2 aromatic carbocycles. The molecule has 0 radical (unpaired) electrons.